The Kier molecular flexibility index (Phi) is 9.28. The lowest BCUT2D eigenvalue weighted by atomic mass is 9.95. The van der Waals surface area contributed by atoms with Gasteiger partial charge in [0, 0.05) is 46.2 Å². The number of para-hydroxylation sites is 1. The van der Waals surface area contributed by atoms with Gasteiger partial charge >= 0.3 is 11.8 Å². The zero-order valence-electron chi connectivity index (χ0n) is 25.7. The van der Waals surface area contributed by atoms with Crippen LogP contribution in [0.3, 0.4) is 0 Å². The lowest BCUT2D eigenvalue weighted by Crippen LogP contribution is -2.45. The van der Waals surface area contributed by atoms with Gasteiger partial charge in [0.05, 0.1) is 22.7 Å². The minimum absolute atomic E-state index is 0.160. The second-order valence-electron chi connectivity index (χ2n) is 12.9. The molecule has 0 radical (unpaired) electrons. The zero-order valence-corrected chi connectivity index (χ0v) is 25.7. The number of amides is 3. The van der Waals surface area contributed by atoms with Gasteiger partial charge in [-0.2, -0.15) is 0 Å². The molecule has 5 rings (SSSR count). The van der Waals surface area contributed by atoms with Crippen LogP contribution in [0, 0.1) is 17.8 Å². The maximum absolute atomic E-state index is 13.1. The highest BCUT2D eigenvalue weighted by Gasteiger charge is 2.32. The van der Waals surface area contributed by atoms with Gasteiger partial charge in [-0.25, -0.2) is 9.59 Å². The number of benzene rings is 1. The Hall–Kier alpha value is -3.62. The molecule has 43 heavy (non-hydrogen) atoms. The molecule has 1 atom stereocenters. The fraction of sp³-hybridized carbons (Fsp3) is 0.625. The van der Waals surface area contributed by atoms with E-state index in [1.807, 2.05) is 37.8 Å². The molecular formula is C32H43N5O6. The van der Waals surface area contributed by atoms with E-state index in [2.05, 4.69) is 22.1 Å². The molecule has 1 N–H and O–H groups in total. The fourth-order valence-electron chi connectivity index (χ4n) is 6.31. The van der Waals surface area contributed by atoms with Crippen LogP contribution in [-0.2, 0) is 26.1 Å². The number of likely N-dealkylation sites (tertiary alicyclic amines) is 2. The van der Waals surface area contributed by atoms with E-state index in [1.165, 1.54) is 9.13 Å². The molecule has 1 unspecified atom stereocenters. The molecule has 3 fully saturated rings. The Balaban J connectivity index is 1.10. The van der Waals surface area contributed by atoms with Crippen molar-refractivity contribution in [3.05, 3.63) is 34.2 Å². The molecule has 4 heterocycles. The predicted molar refractivity (Wildman–Crippen MR) is 161 cm³/mol. The van der Waals surface area contributed by atoms with Crippen LogP contribution in [-0.4, -0.2) is 87.9 Å². The highest BCUT2D eigenvalue weighted by atomic mass is 16.6. The highest BCUT2D eigenvalue weighted by Crippen LogP contribution is 2.25. The van der Waals surface area contributed by atoms with Crippen molar-refractivity contribution in [2.45, 2.75) is 77.0 Å². The number of imide groups is 1. The number of hydrogen-bond acceptors (Lipinski definition) is 7. The van der Waals surface area contributed by atoms with E-state index in [9.17, 15) is 19.2 Å². The number of piperidine rings is 3. The van der Waals surface area contributed by atoms with E-state index in [0.717, 1.165) is 58.4 Å². The molecular weight excluding hydrogens is 550 g/mol. The summed E-state index contributed by atoms with van der Waals surface area (Å²) in [4.78, 5) is 53.9. The molecule has 3 aliphatic heterocycles. The minimum Gasteiger partial charge on any atom is -0.444 e. The number of ether oxygens (including phenoxy) is 2. The van der Waals surface area contributed by atoms with Gasteiger partial charge in [-0.3, -0.25) is 24.0 Å². The number of aromatic nitrogens is 2. The van der Waals surface area contributed by atoms with Gasteiger partial charge in [0.2, 0.25) is 11.8 Å². The van der Waals surface area contributed by atoms with Crippen molar-refractivity contribution < 1.29 is 23.9 Å². The average molecular weight is 594 g/mol. The summed E-state index contributed by atoms with van der Waals surface area (Å²) in [6.45, 7) is 10.5. The van der Waals surface area contributed by atoms with Crippen molar-refractivity contribution in [3.8, 4) is 11.8 Å². The fourth-order valence-corrected chi connectivity index (χ4v) is 6.31. The number of rotatable bonds is 5. The van der Waals surface area contributed by atoms with E-state index in [0.29, 0.717) is 35.5 Å². The number of fused-ring (bicyclic) bond motifs is 1. The molecule has 3 amide bonds. The normalized spacial score (nSPS) is 21.0. The van der Waals surface area contributed by atoms with Crippen LogP contribution in [0.15, 0.2) is 23.0 Å². The predicted octanol–water partition coefficient (Wildman–Crippen LogP) is 2.80. The number of hydrogen-bond donors (Lipinski definition) is 1. The first kappa shape index (κ1) is 30.8. The third-order valence-electron chi connectivity index (χ3n) is 8.56. The largest absolute Gasteiger partial charge is 0.444 e. The smallest absolute Gasteiger partial charge is 0.410 e. The zero-order chi connectivity index (χ0) is 30.7. The van der Waals surface area contributed by atoms with Crippen molar-refractivity contribution in [1.82, 2.24) is 24.3 Å². The van der Waals surface area contributed by atoms with Crippen molar-refractivity contribution in [2.75, 3.05) is 39.3 Å². The van der Waals surface area contributed by atoms with Gasteiger partial charge in [-0.05, 0) is 70.9 Å². The van der Waals surface area contributed by atoms with Crippen LogP contribution in [0.4, 0.5) is 4.79 Å². The van der Waals surface area contributed by atoms with Gasteiger partial charge in [0.1, 0.15) is 18.2 Å². The first-order valence-electron chi connectivity index (χ1n) is 15.3. The SMILES string of the molecule is Cn1c(=O)n(C2CCC(=O)NC2=O)c2cccc(C#CCOC3CCN(CC4CCN(C(=O)OC(C)(C)C)CC4)CC3)c21. The monoisotopic (exact) mass is 593 g/mol. The molecule has 0 saturated carbocycles. The van der Waals surface area contributed by atoms with Crippen LogP contribution in [0.2, 0.25) is 0 Å². The molecule has 232 valence electrons. The molecule has 0 bridgehead atoms. The topological polar surface area (TPSA) is 115 Å². The van der Waals surface area contributed by atoms with Crippen LogP contribution >= 0.6 is 0 Å². The van der Waals surface area contributed by atoms with Crippen LogP contribution < -0.4 is 11.0 Å². The highest BCUT2D eigenvalue weighted by molar-refractivity contribution is 6.00. The van der Waals surface area contributed by atoms with Crippen LogP contribution in [0.1, 0.15) is 70.9 Å². The minimum atomic E-state index is -0.726. The summed E-state index contributed by atoms with van der Waals surface area (Å²) in [5.74, 6) is 6.10. The summed E-state index contributed by atoms with van der Waals surface area (Å²) in [5.41, 5.74) is 1.20. The Morgan fingerprint density at radius 3 is 2.42 bits per heavy atom. The molecule has 2 aromatic rings. The number of nitrogens with zero attached hydrogens (tertiary/aromatic N) is 4. The summed E-state index contributed by atoms with van der Waals surface area (Å²) < 4.78 is 14.6. The standard InChI is InChI=1S/C32H43N5O6/c1-32(2,3)43-31(41)36-18-12-22(13-19-36)21-35-16-14-24(15-17-35)42-20-6-8-23-7-5-9-25-28(23)34(4)30(40)37(25)26-10-11-27(38)33-29(26)39/h5,7,9,22,24,26H,10-21H2,1-4H3,(H,33,38,39). The van der Waals surface area contributed by atoms with E-state index >= 15 is 0 Å². The Bertz CT molecular complexity index is 1480. The first-order valence-corrected chi connectivity index (χ1v) is 15.3. The third-order valence-corrected chi connectivity index (χ3v) is 8.56. The maximum Gasteiger partial charge on any atom is 0.410 e. The molecule has 3 saturated heterocycles. The van der Waals surface area contributed by atoms with Gasteiger partial charge in [-0.1, -0.05) is 17.9 Å². The van der Waals surface area contributed by atoms with Gasteiger partial charge < -0.3 is 19.3 Å². The second kappa shape index (κ2) is 12.9. The number of imidazole rings is 1. The van der Waals surface area contributed by atoms with Gasteiger partial charge in [-0.15, -0.1) is 0 Å². The lowest BCUT2D eigenvalue weighted by molar-refractivity contribution is -0.135. The molecule has 11 heteroatoms. The number of aryl methyl sites for hydroxylation is 1. The Labute approximate surface area is 252 Å². The number of carbonyl (C=O) groups is 3. The first-order chi connectivity index (χ1) is 20.5. The van der Waals surface area contributed by atoms with Crippen molar-refractivity contribution in [3.63, 3.8) is 0 Å². The summed E-state index contributed by atoms with van der Waals surface area (Å²) in [6.07, 6.45) is 4.35. The number of carbonyl (C=O) groups excluding carboxylic acids is 3. The van der Waals surface area contributed by atoms with E-state index in [1.54, 1.807) is 13.1 Å². The van der Waals surface area contributed by atoms with Crippen molar-refractivity contribution in [2.24, 2.45) is 13.0 Å². The average Bonchev–Trinajstić information content (AvgIpc) is 3.21. The van der Waals surface area contributed by atoms with Crippen LogP contribution in [0.25, 0.3) is 11.0 Å². The van der Waals surface area contributed by atoms with Gasteiger partial charge in [0.15, 0.2) is 0 Å². The Morgan fingerprint density at radius 2 is 1.74 bits per heavy atom. The lowest BCUT2D eigenvalue weighted by Gasteiger charge is -2.37. The van der Waals surface area contributed by atoms with Gasteiger partial charge in [0.25, 0.3) is 0 Å². The second-order valence-corrected chi connectivity index (χ2v) is 12.9. The summed E-state index contributed by atoms with van der Waals surface area (Å²) >= 11 is 0. The summed E-state index contributed by atoms with van der Waals surface area (Å²) in [7, 11) is 1.67. The molecule has 11 nitrogen and oxygen atoms in total. The quantitative estimate of drug-likeness (QED) is 0.419. The molecule has 0 aliphatic carbocycles. The van der Waals surface area contributed by atoms with E-state index in [-0.39, 0.29) is 30.2 Å². The summed E-state index contributed by atoms with van der Waals surface area (Å²) in [5, 5.41) is 2.34. The summed E-state index contributed by atoms with van der Waals surface area (Å²) in [6, 6.07) is 4.77. The molecule has 0 spiro atoms. The number of nitrogens with one attached hydrogen (secondary N) is 1. The van der Waals surface area contributed by atoms with Crippen LogP contribution in [0.5, 0.6) is 0 Å². The third kappa shape index (κ3) is 7.31. The van der Waals surface area contributed by atoms with E-state index < -0.39 is 17.6 Å². The Morgan fingerprint density at radius 1 is 1.02 bits per heavy atom. The molecule has 1 aromatic heterocycles. The molecule has 1 aromatic carbocycles. The van der Waals surface area contributed by atoms with Crippen molar-refractivity contribution >= 4 is 28.9 Å². The molecule has 3 aliphatic rings. The van der Waals surface area contributed by atoms with E-state index in [4.69, 9.17) is 9.47 Å². The van der Waals surface area contributed by atoms with Crippen molar-refractivity contribution in [1.29, 1.82) is 0 Å². The maximum atomic E-state index is 13.1.